The molecule has 0 unspecified atom stereocenters. The van der Waals surface area contributed by atoms with Crippen LogP contribution in [0.25, 0.3) is 0 Å². The molecule has 2 rings (SSSR count). The smallest absolute Gasteiger partial charge is 0.262 e. The van der Waals surface area contributed by atoms with Gasteiger partial charge in [0, 0.05) is 5.69 Å². The van der Waals surface area contributed by atoms with Gasteiger partial charge in [0.15, 0.2) is 0 Å². The van der Waals surface area contributed by atoms with Crippen molar-refractivity contribution in [2.75, 3.05) is 11.9 Å². The summed E-state index contributed by atoms with van der Waals surface area (Å²) in [5.74, 6) is -0.992. The first-order chi connectivity index (χ1) is 8.88. The number of rotatable bonds is 5. The van der Waals surface area contributed by atoms with Crippen molar-refractivity contribution in [3.8, 4) is 0 Å². The van der Waals surface area contributed by atoms with Crippen LogP contribution in [0.4, 0.5) is 5.69 Å². The van der Waals surface area contributed by atoms with E-state index in [1.165, 1.54) is 18.2 Å². The van der Waals surface area contributed by atoms with E-state index in [2.05, 4.69) is 10.2 Å². The van der Waals surface area contributed by atoms with Gasteiger partial charge < -0.3 is 11.1 Å². The van der Waals surface area contributed by atoms with Crippen molar-refractivity contribution in [2.24, 2.45) is 5.73 Å². The number of nitrogens with one attached hydrogen (secondary N) is 2. The van der Waals surface area contributed by atoms with E-state index in [0.717, 1.165) is 0 Å². The van der Waals surface area contributed by atoms with Gasteiger partial charge in [0.25, 0.3) is 10.0 Å². The zero-order chi connectivity index (χ0) is 14.0. The highest BCUT2D eigenvalue weighted by atomic mass is 32.2. The maximum atomic E-state index is 11.8. The molecule has 0 fully saturated rings. The number of primary amides is 1. The van der Waals surface area contributed by atoms with Crippen LogP contribution >= 0.6 is 0 Å². The third-order valence-corrected chi connectivity index (χ3v) is 3.61. The number of hydrogen-bond acceptors (Lipinski definition) is 5. The first-order valence-corrected chi connectivity index (χ1v) is 6.71. The molecule has 19 heavy (non-hydrogen) atoms. The molecule has 0 atom stereocenters. The van der Waals surface area contributed by atoms with Crippen LogP contribution < -0.4 is 15.9 Å². The Balaban J connectivity index is 2.15. The summed E-state index contributed by atoms with van der Waals surface area (Å²) in [7, 11) is -3.91. The van der Waals surface area contributed by atoms with E-state index in [0.29, 0.717) is 11.3 Å². The summed E-state index contributed by atoms with van der Waals surface area (Å²) in [6.45, 7) is -0.565. The SMILES string of the molecule is NC(=O)CONS(=O)(=O)c1ccc2c(c1)CC(=O)N2. The highest BCUT2D eigenvalue weighted by molar-refractivity contribution is 7.89. The number of nitrogens with two attached hydrogens (primary N) is 1. The summed E-state index contributed by atoms with van der Waals surface area (Å²) in [6.07, 6.45) is 0.126. The third kappa shape index (κ3) is 3.08. The molecule has 0 saturated heterocycles. The fraction of sp³-hybridized carbons (Fsp3) is 0.200. The quantitative estimate of drug-likeness (QED) is 0.590. The van der Waals surface area contributed by atoms with E-state index >= 15 is 0 Å². The lowest BCUT2D eigenvalue weighted by Gasteiger charge is -2.07. The van der Waals surface area contributed by atoms with Crippen LogP contribution in [0.3, 0.4) is 0 Å². The Kier molecular flexibility index (Phi) is 3.51. The summed E-state index contributed by atoms with van der Waals surface area (Å²) in [5.41, 5.74) is 5.98. The Labute approximate surface area is 108 Å². The second kappa shape index (κ2) is 4.96. The summed E-state index contributed by atoms with van der Waals surface area (Å²) in [4.78, 5) is 27.8. The van der Waals surface area contributed by atoms with Crippen molar-refractivity contribution >= 4 is 27.5 Å². The molecule has 4 N–H and O–H groups in total. The predicted molar refractivity (Wildman–Crippen MR) is 64.2 cm³/mol. The highest BCUT2D eigenvalue weighted by Gasteiger charge is 2.22. The monoisotopic (exact) mass is 285 g/mol. The van der Waals surface area contributed by atoms with Crippen LogP contribution in [0.2, 0.25) is 0 Å². The summed E-state index contributed by atoms with van der Waals surface area (Å²) < 4.78 is 23.6. The molecule has 2 amide bonds. The molecular weight excluding hydrogens is 274 g/mol. The molecule has 0 aromatic heterocycles. The second-order valence-electron chi connectivity index (χ2n) is 3.89. The highest BCUT2D eigenvalue weighted by Crippen LogP contribution is 2.25. The first kappa shape index (κ1) is 13.5. The maximum Gasteiger partial charge on any atom is 0.262 e. The minimum absolute atomic E-state index is 0.0628. The Morgan fingerprint density at radius 3 is 2.89 bits per heavy atom. The lowest BCUT2D eigenvalue weighted by molar-refractivity contribution is -0.123. The average molecular weight is 285 g/mol. The summed E-state index contributed by atoms with van der Waals surface area (Å²) >= 11 is 0. The number of amides is 2. The van der Waals surface area contributed by atoms with Gasteiger partial charge in [-0.2, -0.15) is 0 Å². The van der Waals surface area contributed by atoms with Crippen molar-refractivity contribution in [1.82, 2.24) is 4.89 Å². The Morgan fingerprint density at radius 1 is 1.47 bits per heavy atom. The second-order valence-corrected chi connectivity index (χ2v) is 5.53. The van der Waals surface area contributed by atoms with Gasteiger partial charge in [-0.15, -0.1) is 0 Å². The van der Waals surface area contributed by atoms with Gasteiger partial charge in [-0.05, 0) is 23.8 Å². The topological polar surface area (TPSA) is 128 Å². The van der Waals surface area contributed by atoms with Gasteiger partial charge in [-0.3, -0.25) is 14.4 Å². The molecule has 1 heterocycles. The van der Waals surface area contributed by atoms with E-state index in [-0.39, 0.29) is 17.2 Å². The molecule has 0 saturated carbocycles. The molecule has 1 aliphatic heterocycles. The molecule has 9 heteroatoms. The number of benzene rings is 1. The van der Waals surface area contributed by atoms with Gasteiger partial charge in [-0.25, -0.2) is 8.42 Å². The fourth-order valence-electron chi connectivity index (χ4n) is 1.60. The van der Waals surface area contributed by atoms with Crippen molar-refractivity contribution in [2.45, 2.75) is 11.3 Å². The molecule has 1 aliphatic rings. The van der Waals surface area contributed by atoms with E-state index < -0.39 is 22.5 Å². The summed E-state index contributed by atoms with van der Waals surface area (Å²) in [5, 5.41) is 2.59. The van der Waals surface area contributed by atoms with Crippen LogP contribution in [-0.4, -0.2) is 26.8 Å². The Hall–Kier alpha value is -1.97. The minimum atomic E-state index is -3.91. The molecule has 8 nitrogen and oxygen atoms in total. The van der Waals surface area contributed by atoms with E-state index in [9.17, 15) is 18.0 Å². The number of anilines is 1. The first-order valence-electron chi connectivity index (χ1n) is 5.23. The van der Waals surface area contributed by atoms with Gasteiger partial charge >= 0.3 is 0 Å². The molecule has 1 aromatic rings. The van der Waals surface area contributed by atoms with Crippen LogP contribution in [0.15, 0.2) is 23.1 Å². The van der Waals surface area contributed by atoms with Gasteiger partial charge in [0.05, 0.1) is 11.3 Å². The summed E-state index contributed by atoms with van der Waals surface area (Å²) in [6, 6.07) is 4.17. The Bertz CT molecular complexity index is 641. The molecule has 0 radical (unpaired) electrons. The van der Waals surface area contributed by atoms with Gasteiger partial charge in [0.2, 0.25) is 11.8 Å². The van der Waals surface area contributed by atoms with E-state index in [1.54, 1.807) is 4.89 Å². The predicted octanol–water partition coefficient (Wildman–Crippen LogP) is -1.12. The van der Waals surface area contributed by atoms with Crippen molar-refractivity contribution in [3.05, 3.63) is 23.8 Å². The van der Waals surface area contributed by atoms with E-state index in [4.69, 9.17) is 5.73 Å². The standard InChI is InChI=1S/C10H11N3O5S/c11-9(14)5-18-13-19(16,17)7-1-2-8-6(3-7)4-10(15)12-8/h1-3,13H,4-5H2,(H2,11,14)(H,12,15). The molecule has 0 spiro atoms. The van der Waals surface area contributed by atoms with Crippen molar-refractivity contribution in [3.63, 3.8) is 0 Å². The maximum absolute atomic E-state index is 11.8. The average Bonchev–Trinajstić information content (AvgIpc) is 2.67. The van der Waals surface area contributed by atoms with E-state index in [1.807, 2.05) is 0 Å². The van der Waals surface area contributed by atoms with Crippen LogP contribution in [-0.2, 0) is 30.9 Å². The van der Waals surface area contributed by atoms with Gasteiger partial charge in [-0.1, -0.05) is 4.89 Å². The van der Waals surface area contributed by atoms with Crippen LogP contribution in [0.5, 0.6) is 0 Å². The zero-order valence-corrected chi connectivity index (χ0v) is 10.5. The minimum Gasteiger partial charge on any atom is -0.368 e. The lowest BCUT2D eigenvalue weighted by Crippen LogP contribution is -2.29. The molecule has 0 bridgehead atoms. The van der Waals surface area contributed by atoms with Crippen LogP contribution in [0.1, 0.15) is 5.56 Å². The third-order valence-electron chi connectivity index (χ3n) is 2.40. The fourth-order valence-corrected chi connectivity index (χ4v) is 2.45. The number of carbonyl (C=O) groups is 2. The van der Waals surface area contributed by atoms with Crippen LogP contribution in [0, 0.1) is 0 Å². The number of hydrogen-bond donors (Lipinski definition) is 3. The lowest BCUT2D eigenvalue weighted by atomic mass is 10.2. The number of sulfonamides is 1. The molecular formula is C10H11N3O5S. The molecule has 0 aliphatic carbocycles. The van der Waals surface area contributed by atoms with Crippen molar-refractivity contribution in [1.29, 1.82) is 0 Å². The largest absolute Gasteiger partial charge is 0.368 e. The molecule has 1 aromatic carbocycles. The zero-order valence-electron chi connectivity index (χ0n) is 9.67. The molecule has 102 valence electrons. The normalized spacial score (nSPS) is 14.0. The number of carbonyl (C=O) groups excluding carboxylic acids is 2. The number of fused-ring (bicyclic) bond motifs is 1. The van der Waals surface area contributed by atoms with Crippen molar-refractivity contribution < 1.29 is 22.8 Å². The van der Waals surface area contributed by atoms with Gasteiger partial charge in [0.1, 0.15) is 6.61 Å². The Morgan fingerprint density at radius 2 is 2.21 bits per heavy atom.